The number of aliphatic hydroxyl groups is 1. The number of rotatable bonds is 1. The summed E-state index contributed by atoms with van der Waals surface area (Å²) >= 11 is 0. The van der Waals surface area contributed by atoms with Crippen molar-refractivity contribution in [2.45, 2.75) is 13.3 Å². The summed E-state index contributed by atoms with van der Waals surface area (Å²) in [5, 5.41) is 9.59. The molecule has 0 aromatic rings. The molecule has 0 heterocycles. The van der Waals surface area contributed by atoms with E-state index in [9.17, 15) is 5.11 Å². The van der Waals surface area contributed by atoms with Crippen LogP contribution in [-0.2, 0) is 0 Å². The Kier molecular flexibility index (Phi) is 1.65. The van der Waals surface area contributed by atoms with Crippen LogP contribution in [-0.4, -0.2) is 5.11 Å². The second-order valence-electron chi connectivity index (χ2n) is 3.16. The number of allylic oxidation sites excluding steroid dienone is 7. The summed E-state index contributed by atoms with van der Waals surface area (Å²) in [7, 11) is 0. The maximum atomic E-state index is 9.59. The van der Waals surface area contributed by atoms with Crippen molar-refractivity contribution in [2.75, 3.05) is 0 Å². The van der Waals surface area contributed by atoms with E-state index >= 15 is 0 Å². The Morgan fingerprint density at radius 3 is 3.08 bits per heavy atom. The van der Waals surface area contributed by atoms with Crippen LogP contribution in [0.15, 0.2) is 47.3 Å². The van der Waals surface area contributed by atoms with Gasteiger partial charge in [0.2, 0.25) is 0 Å². The van der Waals surface area contributed by atoms with Gasteiger partial charge in [-0.05, 0) is 18.1 Å². The zero-order chi connectivity index (χ0) is 8.55. The third-order valence-electron chi connectivity index (χ3n) is 2.37. The lowest BCUT2D eigenvalue weighted by molar-refractivity contribution is 0.414. The van der Waals surface area contributed by atoms with Gasteiger partial charge in [-0.2, -0.15) is 0 Å². The van der Waals surface area contributed by atoms with Gasteiger partial charge in [-0.25, -0.2) is 0 Å². The van der Waals surface area contributed by atoms with Crippen LogP contribution in [0, 0.1) is 5.92 Å². The molecular weight excluding hydrogens is 148 g/mol. The van der Waals surface area contributed by atoms with Gasteiger partial charge in [-0.15, -0.1) is 0 Å². The van der Waals surface area contributed by atoms with Crippen LogP contribution >= 0.6 is 0 Å². The normalized spacial score (nSPS) is 26.1. The molecule has 0 bridgehead atoms. The third kappa shape index (κ3) is 1.02. The Labute approximate surface area is 72.4 Å². The molecule has 12 heavy (non-hydrogen) atoms. The Hall–Kier alpha value is -1.24. The molecule has 0 fully saturated rings. The van der Waals surface area contributed by atoms with Gasteiger partial charge >= 0.3 is 0 Å². The van der Waals surface area contributed by atoms with Crippen molar-refractivity contribution < 1.29 is 5.11 Å². The fourth-order valence-corrected chi connectivity index (χ4v) is 1.65. The van der Waals surface area contributed by atoms with E-state index < -0.39 is 0 Å². The Balaban J connectivity index is 2.38. The molecule has 0 amide bonds. The minimum atomic E-state index is 0.324. The van der Waals surface area contributed by atoms with Crippen LogP contribution in [0.1, 0.15) is 13.3 Å². The SMILES string of the molecule is CCC1=CC2C=CC=C2C(O)=C1. The molecule has 1 heteroatoms. The average Bonchev–Trinajstić information content (AvgIpc) is 2.52. The summed E-state index contributed by atoms with van der Waals surface area (Å²) < 4.78 is 0. The summed E-state index contributed by atoms with van der Waals surface area (Å²) in [5.74, 6) is 0.759. The highest BCUT2D eigenvalue weighted by Gasteiger charge is 2.19. The fraction of sp³-hybridized carbons (Fsp3) is 0.273. The lowest BCUT2D eigenvalue weighted by Gasteiger charge is -2.16. The summed E-state index contributed by atoms with van der Waals surface area (Å²) in [5.41, 5.74) is 2.26. The maximum Gasteiger partial charge on any atom is 0.119 e. The number of fused-ring (bicyclic) bond motifs is 1. The van der Waals surface area contributed by atoms with E-state index in [0.29, 0.717) is 11.7 Å². The molecule has 1 atom stereocenters. The van der Waals surface area contributed by atoms with Gasteiger partial charge in [0.15, 0.2) is 0 Å². The molecule has 2 rings (SSSR count). The maximum absolute atomic E-state index is 9.59. The van der Waals surface area contributed by atoms with Crippen molar-refractivity contribution in [1.82, 2.24) is 0 Å². The van der Waals surface area contributed by atoms with E-state index in [2.05, 4.69) is 19.1 Å². The van der Waals surface area contributed by atoms with E-state index in [1.807, 2.05) is 18.2 Å². The molecule has 0 saturated heterocycles. The molecule has 0 aromatic carbocycles. The van der Waals surface area contributed by atoms with Crippen LogP contribution in [0.5, 0.6) is 0 Å². The molecule has 2 aliphatic rings. The highest BCUT2D eigenvalue weighted by atomic mass is 16.3. The van der Waals surface area contributed by atoms with Crippen molar-refractivity contribution in [3.05, 3.63) is 47.3 Å². The molecule has 0 saturated carbocycles. The average molecular weight is 160 g/mol. The molecule has 62 valence electrons. The Bertz CT molecular complexity index is 316. The van der Waals surface area contributed by atoms with Gasteiger partial charge in [0, 0.05) is 11.5 Å². The Morgan fingerprint density at radius 2 is 2.33 bits per heavy atom. The lowest BCUT2D eigenvalue weighted by atomic mass is 9.91. The molecular formula is C11H12O. The minimum Gasteiger partial charge on any atom is -0.508 e. The number of hydrogen-bond acceptors (Lipinski definition) is 1. The van der Waals surface area contributed by atoms with Crippen LogP contribution in [0.3, 0.4) is 0 Å². The topological polar surface area (TPSA) is 20.2 Å². The smallest absolute Gasteiger partial charge is 0.119 e. The quantitative estimate of drug-likeness (QED) is 0.625. The molecule has 0 aliphatic heterocycles. The first-order chi connectivity index (χ1) is 5.81. The highest BCUT2D eigenvalue weighted by molar-refractivity contribution is 5.49. The molecule has 0 radical (unpaired) electrons. The summed E-state index contributed by atoms with van der Waals surface area (Å²) in [4.78, 5) is 0. The van der Waals surface area contributed by atoms with Crippen LogP contribution < -0.4 is 0 Å². The molecule has 0 spiro atoms. The van der Waals surface area contributed by atoms with Gasteiger partial charge in [0.1, 0.15) is 5.76 Å². The molecule has 2 aliphatic carbocycles. The largest absolute Gasteiger partial charge is 0.508 e. The zero-order valence-electron chi connectivity index (χ0n) is 7.12. The van der Waals surface area contributed by atoms with Gasteiger partial charge < -0.3 is 5.11 Å². The lowest BCUT2D eigenvalue weighted by Crippen LogP contribution is -2.04. The minimum absolute atomic E-state index is 0.324. The first kappa shape index (κ1) is 7.41. The van der Waals surface area contributed by atoms with Crippen LogP contribution in [0.2, 0.25) is 0 Å². The van der Waals surface area contributed by atoms with E-state index in [4.69, 9.17) is 0 Å². The standard InChI is InChI=1S/C11H12O/c1-2-8-6-9-4-3-5-10(9)11(12)7-8/h3-7,9,12H,2H2,1H3. The second kappa shape index (κ2) is 2.67. The van der Waals surface area contributed by atoms with Crippen molar-refractivity contribution >= 4 is 0 Å². The second-order valence-corrected chi connectivity index (χ2v) is 3.16. The first-order valence-electron chi connectivity index (χ1n) is 4.31. The fourth-order valence-electron chi connectivity index (χ4n) is 1.65. The van der Waals surface area contributed by atoms with Gasteiger partial charge in [-0.3, -0.25) is 0 Å². The van der Waals surface area contributed by atoms with Crippen molar-refractivity contribution in [1.29, 1.82) is 0 Å². The van der Waals surface area contributed by atoms with Crippen molar-refractivity contribution in [2.24, 2.45) is 5.92 Å². The van der Waals surface area contributed by atoms with Crippen LogP contribution in [0.4, 0.5) is 0 Å². The predicted octanol–water partition coefficient (Wildman–Crippen LogP) is 2.89. The molecule has 0 aromatic heterocycles. The van der Waals surface area contributed by atoms with E-state index in [-0.39, 0.29) is 0 Å². The molecule has 1 nitrogen and oxygen atoms in total. The van der Waals surface area contributed by atoms with Gasteiger partial charge in [0.25, 0.3) is 0 Å². The molecule has 1 unspecified atom stereocenters. The Morgan fingerprint density at radius 1 is 1.50 bits per heavy atom. The third-order valence-corrected chi connectivity index (χ3v) is 2.37. The van der Waals surface area contributed by atoms with Gasteiger partial charge in [0.05, 0.1) is 0 Å². The van der Waals surface area contributed by atoms with Gasteiger partial charge in [-0.1, -0.05) is 31.2 Å². The van der Waals surface area contributed by atoms with Crippen LogP contribution in [0.25, 0.3) is 0 Å². The number of hydrogen-bond donors (Lipinski definition) is 1. The van der Waals surface area contributed by atoms with E-state index in [1.54, 1.807) is 0 Å². The van der Waals surface area contributed by atoms with E-state index in [0.717, 1.165) is 12.0 Å². The number of aliphatic hydroxyl groups excluding tert-OH is 1. The molecule has 1 N–H and O–H groups in total. The predicted molar refractivity (Wildman–Crippen MR) is 49.8 cm³/mol. The van der Waals surface area contributed by atoms with Crippen molar-refractivity contribution in [3.63, 3.8) is 0 Å². The monoisotopic (exact) mass is 160 g/mol. The zero-order valence-corrected chi connectivity index (χ0v) is 7.12. The summed E-state index contributed by atoms with van der Waals surface area (Å²) in [6, 6.07) is 0. The van der Waals surface area contributed by atoms with Crippen molar-refractivity contribution in [3.8, 4) is 0 Å². The summed E-state index contributed by atoms with van der Waals surface area (Å²) in [6.45, 7) is 2.10. The highest BCUT2D eigenvalue weighted by Crippen LogP contribution is 2.32. The van der Waals surface area contributed by atoms with E-state index in [1.165, 1.54) is 5.57 Å². The summed E-state index contributed by atoms with van der Waals surface area (Å²) in [6.07, 6.45) is 11.1. The first-order valence-corrected chi connectivity index (χ1v) is 4.31.